The van der Waals surface area contributed by atoms with E-state index in [0.717, 1.165) is 52.9 Å². The summed E-state index contributed by atoms with van der Waals surface area (Å²) in [5, 5.41) is 9.68. The van der Waals surface area contributed by atoms with E-state index >= 15 is 0 Å². The maximum atomic E-state index is 9.68. The first kappa shape index (κ1) is 67.2. The zero-order valence-electron chi connectivity index (χ0n) is 26.7. The van der Waals surface area contributed by atoms with Crippen LogP contribution in [0, 0.1) is 13.8 Å². The molecule has 0 amide bonds. The summed E-state index contributed by atoms with van der Waals surface area (Å²) in [6.45, 7) is 33.2. The second kappa shape index (κ2) is 98.1. The zero-order chi connectivity index (χ0) is 29.7. The van der Waals surface area contributed by atoms with Crippen LogP contribution in [0.3, 0.4) is 0 Å². The molecule has 0 aliphatic rings. The molecule has 0 unspecified atom stereocenters. The Balaban J connectivity index is -0.0000000315. The maximum Gasteiger partial charge on any atom is 1.00 e. The average molecular weight is 592 g/mol. The van der Waals surface area contributed by atoms with Gasteiger partial charge in [0.15, 0.2) is 13.2 Å². The van der Waals surface area contributed by atoms with Crippen molar-refractivity contribution in [3.8, 4) is 0 Å². The second-order valence-electron chi connectivity index (χ2n) is 5.14. The van der Waals surface area contributed by atoms with Crippen LogP contribution < -0.4 is 64.2 Å². The van der Waals surface area contributed by atoms with Crippen molar-refractivity contribution in [1.29, 1.82) is 0 Å². The van der Waals surface area contributed by atoms with Gasteiger partial charge in [0.25, 0.3) is 0 Å². The minimum atomic E-state index is -1.06. The molecular weight excluding hydrogens is 530 g/mol. The molecule has 0 aromatic carbocycles. The van der Waals surface area contributed by atoms with Crippen LogP contribution in [0.5, 0.6) is 0 Å². The predicted molar refractivity (Wildman–Crippen MR) is 148 cm³/mol. The Kier molecular flexibility index (Phi) is 169. The molecule has 0 spiro atoms. The van der Waals surface area contributed by atoms with Crippen LogP contribution in [-0.2, 0) is 42.8 Å². The van der Waals surface area contributed by atoms with Crippen molar-refractivity contribution in [2.45, 2.75) is 76.2 Å². The first-order chi connectivity index (χ1) is 17.3. The molecule has 0 aliphatic heterocycles. The molecule has 0 heterocycles. The normalized spacial score (nSPS) is 7.41. The van der Waals surface area contributed by atoms with Gasteiger partial charge in [0, 0.05) is 71.9 Å². The molecule has 0 saturated carbocycles. The fourth-order valence-electron chi connectivity index (χ4n) is 1.20. The van der Waals surface area contributed by atoms with Gasteiger partial charge in [-0.2, -0.15) is 9.59 Å². The standard InChI is InChI=1S/C5H10O3.3C4H10O.2C4H9O.CO2.CH4.2Na/c1-2-8-4-3-5(6)7;5*1-3-5-4-2;2-1-3;;;/h2-4H2,1H3,(H,6,7);3*3-4H2,1-2H3;2*1,3-4H2,2H3;;1H4;;/q;;;;2*+1;;;2*+1/p-1. The fourth-order valence-corrected chi connectivity index (χ4v) is 1.20. The van der Waals surface area contributed by atoms with Crippen molar-refractivity contribution in [3.05, 3.63) is 13.8 Å². The fraction of sp³-hybridized carbons (Fsp3) is 0.852. The molecule has 12 heteroatoms. The number of ether oxygens (including phenoxy) is 6. The third-order valence-corrected chi connectivity index (χ3v) is 2.58. The summed E-state index contributed by atoms with van der Waals surface area (Å²) in [5.74, 6) is -1.06. The molecule has 0 bridgehead atoms. The maximum absolute atomic E-state index is 9.68. The minimum Gasteiger partial charge on any atom is -0.550 e. The molecule has 0 saturated heterocycles. The van der Waals surface area contributed by atoms with E-state index in [4.69, 9.17) is 38.0 Å². The first-order valence-corrected chi connectivity index (χ1v) is 12.5. The van der Waals surface area contributed by atoms with Gasteiger partial charge in [-0.15, -0.1) is 0 Å². The molecule has 0 rings (SSSR count). The van der Waals surface area contributed by atoms with Crippen LogP contribution in [0.1, 0.15) is 76.2 Å². The number of hydrogen-bond acceptors (Lipinski definition) is 10. The van der Waals surface area contributed by atoms with Gasteiger partial charge in [-0.1, -0.05) is 7.43 Å². The summed E-state index contributed by atoms with van der Waals surface area (Å²) < 4.78 is 28.7. The van der Waals surface area contributed by atoms with Gasteiger partial charge in [-0.25, -0.2) is 0 Å². The Labute approximate surface area is 286 Å². The number of carbonyl (C=O) groups is 1. The average Bonchev–Trinajstić information content (AvgIpc) is 2.84. The SMILES string of the molecule is C.CCOCC.CCOCC.CCOCC.CCOCCC(=O)[O-].O=C=O.[CH2+]COCC.[CH2+]COCC.[Na+].[Na+]. The number of hydrogen-bond donors (Lipinski definition) is 0. The van der Waals surface area contributed by atoms with Crippen molar-refractivity contribution >= 4 is 12.1 Å². The predicted octanol–water partition coefficient (Wildman–Crippen LogP) is -1.93. The van der Waals surface area contributed by atoms with Crippen molar-refractivity contribution in [3.63, 3.8) is 0 Å². The summed E-state index contributed by atoms with van der Waals surface area (Å²) in [6, 6.07) is 0. The van der Waals surface area contributed by atoms with Gasteiger partial charge in [-0.3, -0.25) is 0 Å². The number of carboxylic acids is 1. The molecule has 10 nitrogen and oxygen atoms in total. The van der Waals surface area contributed by atoms with E-state index in [9.17, 15) is 9.90 Å². The molecular formula is C27H61Na2O10+3. The van der Waals surface area contributed by atoms with Crippen molar-refractivity contribution < 1.29 is 107 Å². The summed E-state index contributed by atoms with van der Waals surface area (Å²) in [4.78, 5) is 25.9. The topological polar surface area (TPSA) is 130 Å². The van der Waals surface area contributed by atoms with Gasteiger partial charge < -0.3 is 38.3 Å². The molecule has 0 N–H and O–H groups in total. The number of carboxylic acid groups (broad SMARTS) is 1. The molecule has 0 aliphatic carbocycles. The first-order valence-electron chi connectivity index (χ1n) is 12.5. The van der Waals surface area contributed by atoms with Crippen LogP contribution in [0.15, 0.2) is 0 Å². The molecule has 0 fully saturated rings. The molecule has 0 radical (unpaired) electrons. The number of rotatable bonds is 14. The Hall–Kier alpha value is 0.350. The number of aliphatic carboxylic acids is 1. The quantitative estimate of drug-likeness (QED) is 0.128. The van der Waals surface area contributed by atoms with Crippen molar-refractivity contribution in [2.24, 2.45) is 0 Å². The van der Waals surface area contributed by atoms with Crippen LogP contribution in [0.4, 0.5) is 0 Å². The molecule has 39 heavy (non-hydrogen) atoms. The second-order valence-corrected chi connectivity index (χ2v) is 5.14. The van der Waals surface area contributed by atoms with Crippen molar-refractivity contribution in [2.75, 3.05) is 79.3 Å². The van der Waals surface area contributed by atoms with Gasteiger partial charge in [0.05, 0.1) is 20.5 Å². The van der Waals surface area contributed by atoms with Crippen LogP contribution in [0.25, 0.3) is 0 Å². The van der Waals surface area contributed by atoms with E-state index < -0.39 is 5.97 Å². The van der Waals surface area contributed by atoms with E-state index in [-0.39, 0.29) is 85.7 Å². The van der Waals surface area contributed by atoms with E-state index in [1.165, 1.54) is 0 Å². The Morgan fingerprint density at radius 1 is 0.564 bits per heavy atom. The molecule has 228 valence electrons. The van der Waals surface area contributed by atoms with Crippen LogP contribution in [0.2, 0.25) is 0 Å². The van der Waals surface area contributed by atoms with Gasteiger partial charge >= 0.3 is 65.3 Å². The third kappa shape index (κ3) is 215. The summed E-state index contributed by atoms with van der Waals surface area (Å²) >= 11 is 0. The molecule has 0 atom stereocenters. The van der Waals surface area contributed by atoms with Crippen LogP contribution >= 0.6 is 0 Å². The summed E-state index contributed by atoms with van der Waals surface area (Å²) in [6.07, 6.45) is 0.244. The Bertz CT molecular complexity index is 291. The van der Waals surface area contributed by atoms with Crippen LogP contribution in [-0.4, -0.2) is 91.4 Å². The van der Waals surface area contributed by atoms with E-state index in [1.807, 2.05) is 62.3 Å². The van der Waals surface area contributed by atoms with Gasteiger partial charge in [0.1, 0.15) is 0 Å². The molecule has 0 aromatic heterocycles. The summed E-state index contributed by atoms with van der Waals surface area (Å²) in [5.41, 5.74) is 0. The number of carbonyl (C=O) groups excluding carboxylic acids is 3. The smallest absolute Gasteiger partial charge is 0.550 e. The Morgan fingerprint density at radius 3 is 0.846 bits per heavy atom. The monoisotopic (exact) mass is 591 g/mol. The summed E-state index contributed by atoms with van der Waals surface area (Å²) in [7, 11) is 0. The van der Waals surface area contributed by atoms with Gasteiger partial charge in [0.2, 0.25) is 0 Å². The van der Waals surface area contributed by atoms with Crippen molar-refractivity contribution in [1.82, 2.24) is 0 Å². The molecule has 0 aromatic rings. The Morgan fingerprint density at radius 2 is 0.769 bits per heavy atom. The van der Waals surface area contributed by atoms with E-state index in [1.54, 1.807) is 0 Å². The largest absolute Gasteiger partial charge is 1.00 e. The van der Waals surface area contributed by atoms with E-state index in [0.29, 0.717) is 19.8 Å². The minimum absolute atomic E-state index is 0. The van der Waals surface area contributed by atoms with E-state index in [2.05, 4.69) is 13.8 Å². The zero-order valence-corrected chi connectivity index (χ0v) is 30.7. The third-order valence-electron chi connectivity index (χ3n) is 2.58. The van der Waals surface area contributed by atoms with Gasteiger partial charge in [-0.05, 0) is 62.3 Å².